The number of rotatable bonds is 4. The van der Waals surface area contributed by atoms with Gasteiger partial charge in [0.05, 0.1) is 11.1 Å². The molecule has 2 aromatic rings. The van der Waals surface area contributed by atoms with E-state index < -0.39 is 11.6 Å². The van der Waals surface area contributed by atoms with Crippen LogP contribution in [0.15, 0.2) is 22.7 Å². The SMILES string of the molecule is CCNC(c1cc(Br)c(C)s1)c1cc(F)c(Cl)cc1F. The fourth-order valence-corrected chi connectivity index (χ4v) is 3.76. The van der Waals surface area contributed by atoms with Gasteiger partial charge >= 0.3 is 0 Å². The van der Waals surface area contributed by atoms with Gasteiger partial charge in [0.1, 0.15) is 11.6 Å². The van der Waals surface area contributed by atoms with E-state index in [0.29, 0.717) is 6.54 Å². The molecule has 20 heavy (non-hydrogen) atoms. The van der Waals surface area contributed by atoms with Crippen molar-refractivity contribution >= 4 is 38.9 Å². The molecule has 0 amide bonds. The fourth-order valence-electron chi connectivity index (χ4n) is 1.95. The number of hydrogen-bond acceptors (Lipinski definition) is 2. The maximum absolute atomic E-state index is 14.1. The molecule has 1 aromatic carbocycles. The van der Waals surface area contributed by atoms with Crippen molar-refractivity contribution in [2.45, 2.75) is 19.9 Å². The smallest absolute Gasteiger partial charge is 0.142 e. The minimum Gasteiger partial charge on any atom is -0.306 e. The molecule has 0 fully saturated rings. The first kappa shape index (κ1) is 15.9. The van der Waals surface area contributed by atoms with E-state index in [0.717, 1.165) is 26.4 Å². The Morgan fingerprint density at radius 1 is 1.30 bits per heavy atom. The predicted octanol–water partition coefficient (Wildman–Crippen LogP) is 5.45. The molecule has 0 radical (unpaired) electrons. The number of aryl methyl sites for hydroxylation is 1. The molecule has 1 heterocycles. The second kappa shape index (κ2) is 6.52. The molecule has 0 spiro atoms. The Bertz CT molecular complexity index is 610. The summed E-state index contributed by atoms with van der Waals surface area (Å²) in [5.41, 5.74) is 0.266. The van der Waals surface area contributed by atoms with Crippen molar-refractivity contribution in [2.75, 3.05) is 6.54 Å². The van der Waals surface area contributed by atoms with E-state index in [4.69, 9.17) is 11.6 Å². The molecule has 6 heteroatoms. The van der Waals surface area contributed by atoms with Gasteiger partial charge in [0, 0.05) is 19.8 Å². The third kappa shape index (κ3) is 3.22. The topological polar surface area (TPSA) is 12.0 Å². The molecule has 1 atom stereocenters. The highest BCUT2D eigenvalue weighted by molar-refractivity contribution is 9.10. The summed E-state index contributed by atoms with van der Waals surface area (Å²) in [4.78, 5) is 2.02. The maximum atomic E-state index is 14.1. The van der Waals surface area contributed by atoms with Gasteiger partial charge in [-0.3, -0.25) is 0 Å². The summed E-state index contributed by atoms with van der Waals surface area (Å²) in [6.07, 6.45) is 0. The van der Waals surface area contributed by atoms with Gasteiger partial charge < -0.3 is 5.32 Å². The van der Waals surface area contributed by atoms with Crippen molar-refractivity contribution in [3.05, 3.63) is 54.6 Å². The molecule has 0 aliphatic carbocycles. The Morgan fingerprint density at radius 2 is 2.00 bits per heavy atom. The lowest BCUT2D eigenvalue weighted by atomic mass is 10.0. The van der Waals surface area contributed by atoms with Gasteiger partial charge in [-0.2, -0.15) is 0 Å². The van der Waals surface area contributed by atoms with Crippen LogP contribution in [0.3, 0.4) is 0 Å². The highest BCUT2D eigenvalue weighted by atomic mass is 79.9. The van der Waals surface area contributed by atoms with E-state index in [1.807, 2.05) is 19.9 Å². The minimum absolute atomic E-state index is 0.204. The number of thiophene rings is 1. The highest BCUT2D eigenvalue weighted by Crippen LogP contribution is 2.35. The molecule has 0 bridgehead atoms. The van der Waals surface area contributed by atoms with Crippen molar-refractivity contribution in [1.82, 2.24) is 5.32 Å². The van der Waals surface area contributed by atoms with Crippen LogP contribution in [0.2, 0.25) is 5.02 Å². The monoisotopic (exact) mass is 379 g/mol. The van der Waals surface area contributed by atoms with E-state index in [9.17, 15) is 8.78 Å². The van der Waals surface area contributed by atoms with Crippen molar-refractivity contribution in [2.24, 2.45) is 0 Å². The Labute approximate surface area is 134 Å². The van der Waals surface area contributed by atoms with Crippen molar-refractivity contribution in [3.8, 4) is 0 Å². The molecule has 0 aliphatic rings. The van der Waals surface area contributed by atoms with Gasteiger partial charge in [-0.05, 0) is 47.6 Å². The van der Waals surface area contributed by atoms with E-state index in [1.165, 1.54) is 0 Å². The van der Waals surface area contributed by atoms with Gasteiger partial charge in [0.2, 0.25) is 0 Å². The van der Waals surface area contributed by atoms with Gasteiger partial charge in [0.25, 0.3) is 0 Å². The van der Waals surface area contributed by atoms with Crippen LogP contribution in [0.5, 0.6) is 0 Å². The summed E-state index contributed by atoms with van der Waals surface area (Å²) < 4.78 is 28.7. The van der Waals surface area contributed by atoms with Crippen molar-refractivity contribution in [3.63, 3.8) is 0 Å². The molecule has 2 rings (SSSR count). The van der Waals surface area contributed by atoms with E-state index >= 15 is 0 Å². The highest BCUT2D eigenvalue weighted by Gasteiger charge is 2.21. The fraction of sp³-hybridized carbons (Fsp3) is 0.286. The molecule has 1 N–H and O–H groups in total. The first-order valence-corrected chi connectivity index (χ1v) is 8.06. The van der Waals surface area contributed by atoms with Crippen molar-refractivity contribution in [1.29, 1.82) is 0 Å². The molecule has 0 saturated carbocycles. The van der Waals surface area contributed by atoms with Gasteiger partial charge in [-0.15, -0.1) is 11.3 Å². The zero-order valence-corrected chi connectivity index (χ0v) is 14.1. The number of benzene rings is 1. The number of nitrogens with one attached hydrogen (secondary N) is 1. The second-order valence-corrected chi connectivity index (χ2v) is 6.88. The standard InChI is InChI=1S/C14H13BrClF2NS/c1-3-19-14(13-5-9(15)7(2)20-13)8-4-12(18)10(16)6-11(8)17/h4-6,14,19H,3H2,1-2H3. The lowest BCUT2D eigenvalue weighted by Gasteiger charge is -2.18. The summed E-state index contributed by atoms with van der Waals surface area (Å²) in [6, 6.07) is 3.72. The number of hydrogen-bond donors (Lipinski definition) is 1. The largest absolute Gasteiger partial charge is 0.306 e. The van der Waals surface area contributed by atoms with Crippen LogP contribution in [0, 0.1) is 18.6 Å². The Balaban J connectivity index is 2.50. The Kier molecular flexibility index (Phi) is 5.18. The molecule has 0 aliphatic heterocycles. The molecule has 1 unspecified atom stereocenters. The van der Waals surface area contributed by atoms with Gasteiger partial charge in [-0.1, -0.05) is 18.5 Å². The van der Waals surface area contributed by atoms with Crippen molar-refractivity contribution < 1.29 is 8.78 Å². The lowest BCUT2D eigenvalue weighted by Crippen LogP contribution is -2.22. The summed E-state index contributed by atoms with van der Waals surface area (Å²) in [5, 5.41) is 2.98. The van der Waals surface area contributed by atoms with Crippen LogP contribution in [0.25, 0.3) is 0 Å². The maximum Gasteiger partial charge on any atom is 0.142 e. The van der Waals surface area contributed by atoms with Crippen LogP contribution in [-0.2, 0) is 0 Å². The summed E-state index contributed by atoms with van der Waals surface area (Å²) in [5.74, 6) is -1.12. The lowest BCUT2D eigenvalue weighted by molar-refractivity contribution is 0.548. The average Bonchev–Trinajstić information content (AvgIpc) is 2.71. The van der Waals surface area contributed by atoms with Crippen LogP contribution in [-0.4, -0.2) is 6.54 Å². The summed E-state index contributed by atoms with van der Waals surface area (Å²) in [6.45, 7) is 4.54. The third-order valence-electron chi connectivity index (χ3n) is 2.92. The first-order chi connectivity index (χ1) is 9.43. The zero-order valence-electron chi connectivity index (χ0n) is 10.9. The predicted molar refractivity (Wildman–Crippen MR) is 83.6 cm³/mol. The van der Waals surface area contributed by atoms with Gasteiger partial charge in [-0.25, -0.2) is 8.78 Å². The first-order valence-electron chi connectivity index (χ1n) is 6.07. The van der Waals surface area contributed by atoms with Crippen LogP contribution in [0.4, 0.5) is 8.78 Å². The van der Waals surface area contributed by atoms with E-state index in [1.54, 1.807) is 11.3 Å². The van der Waals surface area contributed by atoms with E-state index in [2.05, 4.69) is 21.2 Å². The molecule has 1 aromatic heterocycles. The van der Waals surface area contributed by atoms with Gasteiger partial charge in [0.15, 0.2) is 0 Å². The molecular formula is C14H13BrClF2NS. The molecule has 0 saturated heterocycles. The summed E-state index contributed by atoms with van der Waals surface area (Å²) in [7, 11) is 0. The van der Waals surface area contributed by atoms with Crippen LogP contribution < -0.4 is 5.32 Å². The molecule has 1 nitrogen and oxygen atoms in total. The van der Waals surface area contributed by atoms with Crippen LogP contribution in [0.1, 0.15) is 28.3 Å². The average molecular weight is 381 g/mol. The zero-order chi connectivity index (χ0) is 14.9. The molecule has 108 valence electrons. The normalized spacial score (nSPS) is 12.7. The second-order valence-electron chi connectivity index (χ2n) is 4.33. The van der Waals surface area contributed by atoms with E-state index in [-0.39, 0.29) is 16.6 Å². The molecular weight excluding hydrogens is 368 g/mol. The Hall–Kier alpha value is -0.490. The third-order valence-corrected chi connectivity index (χ3v) is 5.41. The minimum atomic E-state index is -0.613. The quantitative estimate of drug-likeness (QED) is 0.696. The summed E-state index contributed by atoms with van der Waals surface area (Å²) >= 11 is 10.6. The number of halogens is 4. The van der Waals surface area contributed by atoms with Crippen LogP contribution >= 0.6 is 38.9 Å². The Morgan fingerprint density at radius 3 is 2.55 bits per heavy atom.